The molecule has 4 rings (SSSR count). The van der Waals surface area contributed by atoms with E-state index in [1.54, 1.807) is 6.20 Å². The van der Waals surface area contributed by atoms with Crippen molar-refractivity contribution in [2.75, 3.05) is 30.9 Å². The Balaban J connectivity index is 1.52. The number of anilines is 3. The first-order valence-corrected chi connectivity index (χ1v) is 10.5. The lowest BCUT2D eigenvalue weighted by Crippen LogP contribution is -2.24. The summed E-state index contributed by atoms with van der Waals surface area (Å²) in [6.07, 6.45) is 4.11. The van der Waals surface area contributed by atoms with Crippen molar-refractivity contribution in [3.63, 3.8) is 0 Å². The Labute approximate surface area is 183 Å². The van der Waals surface area contributed by atoms with Gasteiger partial charge in [0.2, 0.25) is 0 Å². The third-order valence-corrected chi connectivity index (χ3v) is 6.09. The van der Waals surface area contributed by atoms with Crippen LogP contribution >= 0.6 is 0 Å². The molecule has 0 amide bonds. The Morgan fingerprint density at radius 3 is 2.65 bits per heavy atom. The van der Waals surface area contributed by atoms with Gasteiger partial charge in [-0.2, -0.15) is 0 Å². The standard InChI is InChI=1S/C25H28N4O2/c1-4-17-5-7-19(8-6-17)29(3)20-9-10-21-18(13-20)16-28(2)24(21)15-27-23-14-26-12-11-22(23)25(30)31/h5-14,24,27H,4,15-16H2,1-3H3,(H,30,31). The van der Waals surface area contributed by atoms with Crippen LogP contribution in [0, 0.1) is 0 Å². The summed E-state index contributed by atoms with van der Waals surface area (Å²) in [5.41, 5.74) is 7.01. The molecule has 1 unspecified atom stereocenters. The van der Waals surface area contributed by atoms with Crippen molar-refractivity contribution in [3.8, 4) is 0 Å². The molecule has 1 aliphatic heterocycles. The molecule has 6 heteroatoms. The molecule has 0 saturated carbocycles. The summed E-state index contributed by atoms with van der Waals surface area (Å²) < 4.78 is 0. The van der Waals surface area contributed by atoms with Gasteiger partial charge in [0.05, 0.1) is 23.5 Å². The van der Waals surface area contributed by atoms with E-state index in [1.807, 2.05) is 0 Å². The molecule has 2 heterocycles. The van der Waals surface area contributed by atoms with Gasteiger partial charge in [0, 0.05) is 37.7 Å². The largest absolute Gasteiger partial charge is 0.478 e. The monoisotopic (exact) mass is 416 g/mol. The van der Waals surface area contributed by atoms with Crippen molar-refractivity contribution in [1.29, 1.82) is 0 Å². The molecule has 0 bridgehead atoms. The summed E-state index contributed by atoms with van der Waals surface area (Å²) in [6.45, 7) is 3.64. The van der Waals surface area contributed by atoms with Crippen molar-refractivity contribution in [1.82, 2.24) is 9.88 Å². The maximum Gasteiger partial charge on any atom is 0.337 e. The number of rotatable bonds is 7. The lowest BCUT2D eigenvalue weighted by molar-refractivity contribution is 0.0697. The minimum atomic E-state index is -0.954. The van der Waals surface area contributed by atoms with Gasteiger partial charge < -0.3 is 15.3 Å². The quantitative estimate of drug-likeness (QED) is 0.581. The molecule has 1 atom stereocenters. The van der Waals surface area contributed by atoms with E-state index in [0.717, 1.165) is 18.7 Å². The second-order valence-electron chi connectivity index (χ2n) is 8.00. The zero-order valence-corrected chi connectivity index (χ0v) is 18.2. The number of aromatic nitrogens is 1. The van der Waals surface area contributed by atoms with Crippen LogP contribution in [0.2, 0.25) is 0 Å². The van der Waals surface area contributed by atoms with Gasteiger partial charge in [0.25, 0.3) is 0 Å². The predicted molar refractivity (Wildman–Crippen MR) is 124 cm³/mol. The highest BCUT2D eigenvalue weighted by Gasteiger charge is 2.28. The van der Waals surface area contributed by atoms with Gasteiger partial charge in [-0.05, 0) is 60.5 Å². The first kappa shape index (κ1) is 20.9. The molecule has 2 aromatic carbocycles. The third kappa shape index (κ3) is 4.25. The molecule has 31 heavy (non-hydrogen) atoms. The van der Waals surface area contributed by atoms with Crippen LogP contribution in [0.4, 0.5) is 17.1 Å². The second-order valence-corrected chi connectivity index (χ2v) is 8.00. The van der Waals surface area contributed by atoms with Crippen LogP contribution in [0.3, 0.4) is 0 Å². The smallest absolute Gasteiger partial charge is 0.337 e. The van der Waals surface area contributed by atoms with Gasteiger partial charge in [-0.3, -0.25) is 9.88 Å². The number of carbonyl (C=O) groups is 1. The number of carboxylic acid groups (broad SMARTS) is 1. The molecule has 2 N–H and O–H groups in total. The summed E-state index contributed by atoms with van der Waals surface area (Å²) in [7, 11) is 4.19. The number of fused-ring (bicyclic) bond motifs is 1. The van der Waals surface area contributed by atoms with Gasteiger partial charge in [-0.15, -0.1) is 0 Å². The van der Waals surface area contributed by atoms with Crippen LogP contribution in [0.25, 0.3) is 0 Å². The van der Waals surface area contributed by atoms with Crippen molar-refractivity contribution < 1.29 is 9.90 Å². The van der Waals surface area contributed by atoms with E-state index < -0.39 is 5.97 Å². The minimum Gasteiger partial charge on any atom is -0.478 e. The topological polar surface area (TPSA) is 68.7 Å². The molecule has 0 fully saturated rings. The molecule has 0 spiro atoms. The van der Waals surface area contributed by atoms with Crippen LogP contribution in [0.5, 0.6) is 0 Å². The Kier molecular flexibility index (Phi) is 5.91. The summed E-state index contributed by atoms with van der Waals surface area (Å²) in [5.74, 6) is -0.954. The molecular weight excluding hydrogens is 388 g/mol. The molecule has 1 aromatic heterocycles. The second kappa shape index (κ2) is 8.78. The fourth-order valence-corrected chi connectivity index (χ4v) is 4.18. The van der Waals surface area contributed by atoms with E-state index in [9.17, 15) is 9.90 Å². The Hall–Kier alpha value is -3.38. The summed E-state index contributed by atoms with van der Waals surface area (Å²) >= 11 is 0. The Morgan fingerprint density at radius 2 is 1.94 bits per heavy atom. The van der Waals surface area contributed by atoms with Gasteiger partial charge >= 0.3 is 5.97 Å². The molecule has 6 nitrogen and oxygen atoms in total. The molecule has 0 saturated heterocycles. The van der Waals surface area contributed by atoms with Crippen molar-refractivity contribution in [2.24, 2.45) is 0 Å². The SMILES string of the molecule is CCc1ccc(N(C)c2ccc3c(c2)CN(C)C3CNc2cnccc2C(=O)O)cc1. The van der Waals surface area contributed by atoms with Gasteiger partial charge in [0.15, 0.2) is 0 Å². The fourth-order valence-electron chi connectivity index (χ4n) is 4.18. The number of aryl methyl sites for hydroxylation is 1. The number of hydrogen-bond donors (Lipinski definition) is 2. The van der Waals surface area contributed by atoms with E-state index in [4.69, 9.17) is 0 Å². The number of hydrogen-bond acceptors (Lipinski definition) is 5. The van der Waals surface area contributed by atoms with Gasteiger partial charge in [-0.25, -0.2) is 4.79 Å². The molecule has 0 aliphatic carbocycles. The van der Waals surface area contributed by atoms with E-state index in [0.29, 0.717) is 12.2 Å². The maximum atomic E-state index is 11.5. The number of benzene rings is 2. The number of aromatic carboxylic acids is 1. The molecule has 0 radical (unpaired) electrons. The predicted octanol–water partition coefficient (Wildman–Crippen LogP) is 4.71. The summed E-state index contributed by atoms with van der Waals surface area (Å²) in [4.78, 5) is 20.0. The van der Waals surface area contributed by atoms with Crippen molar-refractivity contribution in [2.45, 2.75) is 25.9 Å². The number of nitrogens with one attached hydrogen (secondary N) is 1. The van der Waals surface area contributed by atoms with Crippen LogP contribution in [0.15, 0.2) is 60.9 Å². The number of nitrogens with zero attached hydrogens (tertiary/aromatic N) is 3. The summed E-state index contributed by atoms with van der Waals surface area (Å²) in [5, 5.41) is 12.7. The first-order valence-electron chi connectivity index (χ1n) is 10.5. The first-order chi connectivity index (χ1) is 15.0. The molecule has 3 aromatic rings. The average molecular weight is 417 g/mol. The lowest BCUT2D eigenvalue weighted by atomic mass is 10.0. The van der Waals surface area contributed by atoms with Crippen LogP contribution in [0.1, 0.15) is 40.0 Å². The van der Waals surface area contributed by atoms with E-state index >= 15 is 0 Å². The highest BCUT2D eigenvalue weighted by Crippen LogP contribution is 2.36. The van der Waals surface area contributed by atoms with E-state index in [2.05, 4.69) is 83.6 Å². The van der Waals surface area contributed by atoms with Gasteiger partial charge in [0.1, 0.15) is 0 Å². The third-order valence-electron chi connectivity index (χ3n) is 6.09. The normalized spacial score (nSPS) is 15.5. The molecule has 1 aliphatic rings. The highest BCUT2D eigenvalue weighted by molar-refractivity contribution is 5.93. The zero-order valence-electron chi connectivity index (χ0n) is 18.2. The van der Waals surface area contributed by atoms with Gasteiger partial charge in [-0.1, -0.05) is 25.1 Å². The van der Waals surface area contributed by atoms with Crippen LogP contribution < -0.4 is 10.2 Å². The van der Waals surface area contributed by atoms with E-state index in [-0.39, 0.29) is 11.6 Å². The lowest BCUT2D eigenvalue weighted by Gasteiger charge is -2.22. The minimum absolute atomic E-state index is 0.167. The fraction of sp³-hybridized carbons (Fsp3) is 0.280. The Bertz CT molecular complexity index is 1080. The van der Waals surface area contributed by atoms with E-state index in [1.165, 1.54) is 34.6 Å². The summed E-state index contributed by atoms with van der Waals surface area (Å²) in [6, 6.07) is 17.0. The van der Waals surface area contributed by atoms with Crippen molar-refractivity contribution >= 4 is 23.0 Å². The molecule has 160 valence electrons. The molecular formula is C25H28N4O2. The number of pyridine rings is 1. The number of likely N-dealkylation sites (N-methyl/N-ethyl adjacent to an activating group) is 1. The van der Waals surface area contributed by atoms with Crippen molar-refractivity contribution in [3.05, 3.63) is 83.2 Å². The number of carboxylic acids is 1. The Morgan fingerprint density at radius 1 is 1.19 bits per heavy atom. The maximum absolute atomic E-state index is 11.5. The average Bonchev–Trinajstić information content (AvgIpc) is 3.11. The van der Waals surface area contributed by atoms with Crippen LogP contribution in [-0.4, -0.2) is 41.6 Å². The zero-order chi connectivity index (χ0) is 22.0. The highest BCUT2D eigenvalue weighted by atomic mass is 16.4. The van der Waals surface area contributed by atoms with Crippen LogP contribution in [-0.2, 0) is 13.0 Å².